The van der Waals surface area contributed by atoms with E-state index in [-0.39, 0.29) is 0 Å². The highest BCUT2D eigenvalue weighted by molar-refractivity contribution is 7.25. The fourth-order valence-electron chi connectivity index (χ4n) is 9.86. The number of nitrogens with zero attached hydrogens (tertiary/aromatic N) is 4. The summed E-state index contributed by atoms with van der Waals surface area (Å²) >= 11 is 1.81. The smallest absolute Gasteiger partial charge is 0.164 e. The Morgan fingerprint density at radius 2 is 1.00 bits per heavy atom. The molecule has 0 amide bonds. The Bertz CT molecular complexity index is 3660. The Morgan fingerprint density at radius 3 is 1.80 bits per heavy atom. The SMILES string of the molecule is Bc1c(B)c(B)c(-c2nc(-c3ccc4c(c3)sc3ccccc34)nc(-c3ccc(N4c5cc6ccccc6cc5-c5cccc6cccc4c56)c4ccccc34)n2)c(B)c1B. The van der Waals surface area contributed by atoms with Crippen molar-refractivity contribution in [1.29, 1.82) is 0 Å². The molecule has 0 radical (unpaired) electrons. The molecule has 1 aliphatic heterocycles. The van der Waals surface area contributed by atoms with Crippen LogP contribution in [0.2, 0.25) is 0 Å². The molecule has 0 saturated carbocycles. The minimum Gasteiger partial charge on any atom is -0.309 e. The van der Waals surface area contributed by atoms with Crippen LogP contribution in [0.5, 0.6) is 0 Å². The Morgan fingerprint density at radius 1 is 0.377 bits per heavy atom. The van der Waals surface area contributed by atoms with Crippen LogP contribution in [-0.2, 0) is 0 Å². The number of anilines is 3. The van der Waals surface area contributed by atoms with Crippen LogP contribution >= 0.6 is 11.3 Å². The second-order valence-corrected chi connectivity index (χ2v) is 17.6. The third-order valence-corrected chi connectivity index (χ3v) is 14.5. The molecule has 0 spiro atoms. The minimum atomic E-state index is 0.659. The first kappa shape index (κ1) is 36.0. The van der Waals surface area contributed by atoms with Gasteiger partial charge in [-0.1, -0.05) is 120 Å². The number of rotatable bonds is 4. The van der Waals surface area contributed by atoms with Crippen molar-refractivity contribution in [3.63, 3.8) is 0 Å². The molecule has 1 aliphatic rings. The van der Waals surface area contributed by atoms with Gasteiger partial charge in [0.2, 0.25) is 0 Å². The van der Waals surface area contributed by atoms with Crippen LogP contribution in [0.25, 0.3) is 97.8 Å². The fourth-order valence-corrected chi connectivity index (χ4v) is 11.0. The summed E-state index contributed by atoms with van der Waals surface area (Å²) in [6.07, 6.45) is 0. The van der Waals surface area contributed by atoms with Gasteiger partial charge in [0.15, 0.2) is 17.5 Å². The van der Waals surface area contributed by atoms with Crippen LogP contribution in [0.3, 0.4) is 0 Å². The summed E-state index contributed by atoms with van der Waals surface area (Å²) < 4.78 is 2.50. The van der Waals surface area contributed by atoms with Gasteiger partial charge in [0, 0.05) is 53.2 Å². The third kappa shape index (κ3) is 5.41. The van der Waals surface area contributed by atoms with Crippen molar-refractivity contribution in [2.24, 2.45) is 0 Å². The van der Waals surface area contributed by atoms with Crippen molar-refractivity contribution in [3.8, 4) is 45.3 Å². The topological polar surface area (TPSA) is 41.9 Å². The predicted octanol–water partition coefficient (Wildman–Crippen LogP) is 5.44. The zero-order valence-corrected chi connectivity index (χ0v) is 35.4. The van der Waals surface area contributed by atoms with E-state index < -0.39 is 0 Å². The van der Waals surface area contributed by atoms with Crippen LogP contribution in [-0.4, -0.2) is 54.2 Å². The standard InChI is InChI=1S/C51H35B5N4S/c52-44-43(45(53)47(55)48(56)46(44)54)51-58-49(29-19-20-33-32-15-5-6-18-40(32)61-41(33)25-29)57-50(59-51)35-21-22-37(31-14-4-3-13-30(31)35)60-38-17-8-12-26-11-7-16-34(42(26)38)36-23-27-9-1-2-10-28(27)24-39(36)60/h1-25H,52-56H2. The third-order valence-electron chi connectivity index (χ3n) is 13.4. The number of thiophene rings is 1. The highest BCUT2D eigenvalue weighted by Crippen LogP contribution is 2.53. The number of aromatic nitrogens is 3. The Hall–Kier alpha value is -6.89. The fraction of sp³-hybridized carbons (Fsp3) is 0. The van der Waals surface area contributed by atoms with Gasteiger partial charge in [-0.25, -0.2) is 15.0 Å². The maximum Gasteiger partial charge on any atom is 0.164 e. The molecule has 280 valence electrons. The average molecular weight is 790 g/mol. The van der Waals surface area contributed by atoms with Gasteiger partial charge in [-0.2, -0.15) is 0 Å². The molecular formula is C51H35B5N4S. The normalized spacial score (nSPS) is 12.2. The van der Waals surface area contributed by atoms with Crippen molar-refractivity contribution < 1.29 is 0 Å². The van der Waals surface area contributed by atoms with Crippen molar-refractivity contribution >= 4 is 147 Å². The molecule has 0 aliphatic carbocycles. The Labute approximate surface area is 362 Å². The largest absolute Gasteiger partial charge is 0.309 e. The van der Waals surface area contributed by atoms with E-state index in [0.717, 1.165) is 33.2 Å². The van der Waals surface area contributed by atoms with Gasteiger partial charge >= 0.3 is 0 Å². The quantitative estimate of drug-likeness (QED) is 0.223. The van der Waals surface area contributed by atoms with E-state index in [2.05, 4.69) is 196 Å². The molecule has 3 heterocycles. The molecule has 0 unspecified atom stereocenters. The van der Waals surface area contributed by atoms with E-state index in [4.69, 9.17) is 15.0 Å². The van der Waals surface area contributed by atoms with Crippen LogP contribution in [0.15, 0.2) is 152 Å². The molecule has 11 aromatic rings. The maximum atomic E-state index is 5.42. The molecule has 2 aromatic heterocycles. The summed E-state index contributed by atoms with van der Waals surface area (Å²) in [5.74, 6) is 2.03. The zero-order valence-electron chi connectivity index (χ0n) is 34.6. The van der Waals surface area contributed by atoms with Crippen LogP contribution in [0.4, 0.5) is 17.1 Å². The van der Waals surface area contributed by atoms with Gasteiger partial charge in [-0.3, -0.25) is 0 Å². The Balaban J connectivity index is 1.11. The Kier molecular flexibility index (Phi) is 8.01. The first-order valence-electron chi connectivity index (χ1n) is 20.9. The van der Waals surface area contributed by atoms with Crippen molar-refractivity contribution in [1.82, 2.24) is 15.0 Å². The summed E-state index contributed by atoms with van der Waals surface area (Å²) in [5, 5.41) is 9.67. The van der Waals surface area contributed by atoms with Gasteiger partial charge in [-0.15, -0.1) is 27.7 Å². The van der Waals surface area contributed by atoms with Gasteiger partial charge in [0.05, 0.1) is 17.1 Å². The maximum absolute atomic E-state index is 5.42. The van der Waals surface area contributed by atoms with Crippen LogP contribution in [0.1, 0.15) is 0 Å². The van der Waals surface area contributed by atoms with Gasteiger partial charge in [0.1, 0.15) is 39.2 Å². The molecule has 4 nitrogen and oxygen atoms in total. The lowest BCUT2D eigenvalue weighted by Crippen LogP contribution is -2.55. The highest BCUT2D eigenvalue weighted by Gasteiger charge is 2.28. The van der Waals surface area contributed by atoms with E-state index in [1.54, 1.807) is 0 Å². The van der Waals surface area contributed by atoms with Gasteiger partial charge < -0.3 is 4.90 Å². The molecule has 9 aromatic carbocycles. The molecule has 0 bridgehead atoms. The first-order chi connectivity index (χ1) is 29.8. The van der Waals surface area contributed by atoms with Crippen molar-refractivity contribution in [2.75, 3.05) is 4.90 Å². The van der Waals surface area contributed by atoms with E-state index in [9.17, 15) is 0 Å². The van der Waals surface area contributed by atoms with Crippen LogP contribution < -0.4 is 32.2 Å². The van der Waals surface area contributed by atoms with E-state index in [1.807, 2.05) is 11.3 Å². The second kappa shape index (κ2) is 13.6. The van der Waals surface area contributed by atoms with Crippen LogP contribution in [0, 0.1) is 0 Å². The molecule has 61 heavy (non-hydrogen) atoms. The zero-order chi connectivity index (χ0) is 41.1. The number of fused-ring (bicyclic) bond motifs is 7. The monoisotopic (exact) mass is 790 g/mol. The molecule has 0 N–H and O–H groups in total. The van der Waals surface area contributed by atoms with Crippen molar-refractivity contribution in [2.45, 2.75) is 0 Å². The van der Waals surface area contributed by atoms with E-state index >= 15 is 0 Å². The number of hydrogen-bond donors (Lipinski definition) is 0. The van der Waals surface area contributed by atoms with Crippen molar-refractivity contribution in [3.05, 3.63) is 152 Å². The average Bonchev–Trinajstić information content (AvgIpc) is 3.68. The van der Waals surface area contributed by atoms with Gasteiger partial charge in [0.25, 0.3) is 0 Å². The number of hydrogen-bond acceptors (Lipinski definition) is 5. The summed E-state index contributed by atoms with van der Waals surface area (Å²) in [6, 6.07) is 55.3. The number of benzene rings is 9. The second-order valence-electron chi connectivity index (χ2n) is 16.5. The summed E-state index contributed by atoms with van der Waals surface area (Å²) in [6.45, 7) is 0. The molecule has 0 fully saturated rings. The molecule has 0 saturated heterocycles. The predicted molar refractivity (Wildman–Crippen MR) is 276 cm³/mol. The lowest BCUT2D eigenvalue weighted by molar-refractivity contribution is 1.08. The summed E-state index contributed by atoms with van der Waals surface area (Å²) in [7, 11) is 11.1. The summed E-state index contributed by atoms with van der Waals surface area (Å²) in [5.41, 5.74) is 15.2. The lowest BCUT2D eigenvalue weighted by Gasteiger charge is -2.34. The molecule has 12 rings (SSSR count). The van der Waals surface area contributed by atoms with E-state index in [0.29, 0.717) is 17.5 Å². The highest BCUT2D eigenvalue weighted by atomic mass is 32.1. The van der Waals surface area contributed by atoms with E-state index in [1.165, 1.54) is 91.5 Å². The van der Waals surface area contributed by atoms with Gasteiger partial charge in [-0.05, 0) is 69.6 Å². The first-order valence-corrected chi connectivity index (χ1v) is 21.8. The molecular weight excluding hydrogens is 755 g/mol. The minimum absolute atomic E-state index is 0.659. The summed E-state index contributed by atoms with van der Waals surface area (Å²) in [4.78, 5) is 18.6. The lowest BCUT2D eigenvalue weighted by atomic mass is 9.60. The molecule has 0 atom stereocenters. The molecule has 10 heteroatoms.